The van der Waals surface area contributed by atoms with Crippen LogP contribution >= 0.6 is 0 Å². The average molecular weight is 811 g/mol. The third-order valence-electron chi connectivity index (χ3n) is 7.40. The van der Waals surface area contributed by atoms with E-state index >= 15 is 0 Å². The molecule has 0 saturated heterocycles. The van der Waals surface area contributed by atoms with Gasteiger partial charge in [-0.2, -0.15) is 13.2 Å². The largest absolute Gasteiger partial charge is 0.491 e. The van der Waals surface area contributed by atoms with Gasteiger partial charge in [-0.3, -0.25) is 4.79 Å². The number of primary sulfonamides is 1. The van der Waals surface area contributed by atoms with E-state index in [0.29, 0.717) is 10.8 Å². The zero-order valence-corrected chi connectivity index (χ0v) is 32.2. The molecule has 1 amide bonds. The first kappa shape index (κ1) is 42.6. The van der Waals surface area contributed by atoms with Crippen LogP contribution in [0.3, 0.4) is 0 Å². The lowest BCUT2D eigenvalue weighted by molar-refractivity contribution is -0.213. The molecule has 0 aliphatic rings. The Bertz CT molecular complexity index is 2320. The first-order valence-corrected chi connectivity index (χ1v) is 19.5. The highest BCUT2D eigenvalue weighted by Crippen LogP contribution is 2.38. The lowest BCUT2D eigenvalue weighted by Crippen LogP contribution is -2.54. The molecule has 0 saturated carbocycles. The van der Waals surface area contributed by atoms with Crippen LogP contribution in [0.1, 0.15) is 52.7 Å². The predicted molar refractivity (Wildman–Crippen MR) is 197 cm³/mol. The number of nitrogens with zero attached hydrogens (tertiary/aromatic N) is 1. The summed E-state index contributed by atoms with van der Waals surface area (Å²) in [5, 5.41) is 11.3. The fourth-order valence-electron chi connectivity index (χ4n) is 5.24. The van der Waals surface area contributed by atoms with Gasteiger partial charge in [-0.15, -0.1) is 0 Å². The van der Waals surface area contributed by atoms with Gasteiger partial charge < -0.3 is 30.6 Å². The molecule has 0 aliphatic carbocycles. The number of aromatic nitrogens is 1. The van der Waals surface area contributed by atoms with Gasteiger partial charge in [0.15, 0.2) is 11.5 Å². The predicted octanol–water partition coefficient (Wildman–Crippen LogP) is 4.41. The van der Waals surface area contributed by atoms with E-state index < -0.39 is 65.7 Å². The van der Waals surface area contributed by atoms with Crippen molar-refractivity contribution in [1.29, 1.82) is 0 Å². The second-order valence-electron chi connectivity index (χ2n) is 13.5. The number of halogens is 3. The lowest BCUT2D eigenvalue weighted by Gasteiger charge is -2.35. The molecule has 0 spiro atoms. The van der Waals surface area contributed by atoms with Crippen LogP contribution in [-0.4, -0.2) is 58.1 Å². The van der Waals surface area contributed by atoms with Crippen molar-refractivity contribution in [3.05, 3.63) is 78.0 Å². The number of rotatable bonds is 14. The molecule has 1 unspecified atom stereocenters. The summed E-state index contributed by atoms with van der Waals surface area (Å²) >= 11 is 0. The Morgan fingerprint density at radius 2 is 1.58 bits per heavy atom. The number of nitrogens with two attached hydrogens (primary N) is 2. The summed E-state index contributed by atoms with van der Waals surface area (Å²) in [5.41, 5.74) is 1.38. The zero-order chi connectivity index (χ0) is 41.1. The van der Waals surface area contributed by atoms with Gasteiger partial charge in [0.2, 0.25) is 20.0 Å². The molecule has 4 rings (SSSR count). The first-order valence-electron chi connectivity index (χ1n) is 16.5. The quantitative estimate of drug-likeness (QED) is 0.0881. The summed E-state index contributed by atoms with van der Waals surface area (Å²) in [6.07, 6.45) is -4.60. The van der Waals surface area contributed by atoms with E-state index in [0.717, 1.165) is 24.3 Å². The van der Waals surface area contributed by atoms with Gasteiger partial charge in [-0.05, 0) is 113 Å². The topological polar surface area (TPSA) is 231 Å². The fourth-order valence-corrected chi connectivity index (χ4v) is 7.43. The van der Waals surface area contributed by atoms with Gasteiger partial charge in [0.25, 0.3) is 11.6 Å². The van der Waals surface area contributed by atoms with Crippen molar-refractivity contribution in [2.24, 2.45) is 5.14 Å². The van der Waals surface area contributed by atoms with Crippen LogP contribution in [-0.2, 0) is 46.6 Å². The Morgan fingerprint density at radius 1 is 0.909 bits per heavy atom. The number of pyridine rings is 1. The van der Waals surface area contributed by atoms with Crippen molar-refractivity contribution in [3.63, 3.8) is 0 Å². The molecular weight excluding hydrogens is 770 g/mol. The summed E-state index contributed by atoms with van der Waals surface area (Å²) in [4.78, 5) is 30.1. The fraction of sp³-hybridized carbons (Fsp3) is 0.343. The maximum Gasteiger partial charge on any atom is 0.491 e. The molecule has 0 aliphatic heterocycles. The highest BCUT2D eigenvalue weighted by molar-refractivity contribution is 7.90. The standard InChI is InChI=1S/C35H41F3N6O9S2/c1-7-51-29-17-23(8-11-28(29)52-20(2)3)34(53-32(46)35(36,37)38,43-24-9-10-27-22(16-24)12-13-41-30(27)39)31(45)42-19-21-14-25(54(40,47)48)18-26(15-21)55(49,50)44-33(4,5)6/h8-18,20,43-44H,7,19H2,1-6H3,(H2,39,41)(H,42,45)(H2,40,47,48). The summed E-state index contributed by atoms with van der Waals surface area (Å²) in [6.45, 7) is 9.05. The zero-order valence-electron chi connectivity index (χ0n) is 30.6. The molecule has 7 N–H and O–H groups in total. The highest BCUT2D eigenvalue weighted by Gasteiger charge is 2.52. The van der Waals surface area contributed by atoms with Gasteiger partial charge in [0.05, 0.1) is 22.5 Å². The van der Waals surface area contributed by atoms with Crippen LogP contribution in [0.4, 0.5) is 24.7 Å². The van der Waals surface area contributed by atoms with Gasteiger partial charge >= 0.3 is 12.1 Å². The van der Waals surface area contributed by atoms with Crippen molar-refractivity contribution < 1.29 is 53.8 Å². The number of nitrogen functional groups attached to an aromatic ring is 1. The van der Waals surface area contributed by atoms with Gasteiger partial charge in [-0.1, -0.05) is 0 Å². The Balaban J connectivity index is 1.94. The Labute approximate surface area is 316 Å². The van der Waals surface area contributed by atoms with Gasteiger partial charge in [0.1, 0.15) is 5.82 Å². The number of carbonyl (C=O) groups is 2. The first-order chi connectivity index (χ1) is 25.3. The summed E-state index contributed by atoms with van der Waals surface area (Å²) in [6, 6.07) is 12.3. The van der Waals surface area contributed by atoms with Crippen LogP contribution in [0.2, 0.25) is 0 Å². The van der Waals surface area contributed by atoms with E-state index in [4.69, 9.17) is 25.1 Å². The molecule has 0 fully saturated rings. The van der Waals surface area contributed by atoms with Gasteiger partial charge in [-0.25, -0.2) is 36.5 Å². The van der Waals surface area contributed by atoms with Crippen molar-refractivity contribution in [1.82, 2.24) is 15.0 Å². The second-order valence-corrected chi connectivity index (χ2v) is 16.7. The number of hydrogen-bond acceptors (Lipinski definition) is 12. The third kappa shape index (κ3) is 10.5. The molecule has 15 nitrogen and oxygen atoms in total. The van der Waals surface area contributed by atoms with Crippen LogP contribution in [0.5, 0.6) is 11.5 Å². The molecule has 4 aromatic rings. The molecule has 20 heteroatoms. The number of hydrogen-bond donors (Lipinski definition) is 5. The van der Waals surface area contributed by atoms with E-state index in [2.05, 4.69) is 20.3 Å². The van der Waals surface area contributed by atoms with E-state index in [1.54, 1.807) is 47.6 Å². The van der Waals surface area contributed by atoms with Crippen molar-refractivity contribution >= 4 is 54.2 Å². The average Bonchev–Trinajstić information content (AvgIpc) is 3.05. The number of benzene rings is 3. The van der Waals surface area contributed by atoms with Crippen LogP contribution in [0.15, 0.2) is 76.7 Å². The summed E-state index contributed by atoms with van der Waals surface area (Å²) < 4.78 is 112. The molecule has 1 atom stereocenters. The third-order valence-corrected chi connectivity index (χ3v) is 10.0. The van der Waals surface area contributed by atoms with Crippen LogP contribution < -0.4 is 35.7 Å². The van der Waals surface area contributed by atoms with E-state index in [-0.39, 0.29) is 46.8 Å². The Hall–Kier alpha value is -5.18. The molecule has 298 valence electrons. The van der Waals surface area contributed by atoms with E-state index in [1.807, 2.05) is 0 Å². The number of esters is 1. The minimum Gasteiger partial charge on any atom is -0.490 e. The number of anilines is 2. The van der Waals surface area contributed by atoms with E-state index in [9.17, 15) is 39.6 Å². The highest BCUT2D eigenvalue weighted by atomic mass is 32.2. The number of ether oxygens (including phenoxy) is 3. The van der Waals surface area contributed by atoms with Crippen LogP contribution in [0.25, 0.3) is 10.8 Å². The Morgan fingerprint density at radius 3 is 2.18 bits per heavy atom. The monoisotopic (exact) mass is 810 g/mol. The van der Waals surface area contributed by atoms with E-state index in [1.165, 1.54) is 36.5 Å². The molecule has 1 heterocycles. The normalized spacial score (nSPS) is 13.6. The number of fused-ring (bicyclic) bond motifs is 1. The summed E-state index contributed by atoms with van der Waals surface area (Å²) in [7, 11) is -8.91. The lowest BCUT2D eigenvalue weighted by atomic mass is 9.99. The number of amides is 1. The van der Waals surface area contributed by atoms with Gasteiger partial charge in [0, 0.05) is 34.9 Å². The number of nitrogens with one attached hydrogen (secondary N) is 3. The number of alkyl halides is 3. The molecular formula is C35H41F3N6O9S2. The van der Waals surface area contributed by atoms with Crippen molar-refractivity contribution in [2.45, 2.75) is 81.4 Å². The smallest absolute Gasteiger partial charge is 0.490 e. The van der Waals surface area contributed by atoms with Crippen molar-refractivity contribution in [2.75, 3.05) is 17.7 Å². The molecule has 55 heavy (non-hydrogen) atoms. The van der Waals surface area contributed by atoms with Crippen molar-refractivity contribution in [3.8, 4) is 11.5 Å². The minimum absolute atomic E-state index is 0.0184. The SMILES string of the molecule is CCOc1cc(C(Nc2ccc3c(N)nccc3c2)(OC(=O)C(F)(F)F)C(=O)NCc2cc(S(N)(=O)=O)cc(S(=O)(=O)NC(C)(C)C)c2)ccc1OC(C)C. The number of sulfonamides is 2. The minimum atomic E-state index is -5.60. The summed E-state index contributed by atoms with van der Waals surface area (Å²) in [5.74, 6) is -3.89. The maximum atomic E-state index is 14.5. The molecule has 3 aromatic carbocycles. The Kier molecular flexibility index (Phi) is 12.3. The molecule has 0 bridgehead atoms. The van der Waals surface area contributed by atoms with Crippen LogP contribution in [0, 0.1) is 0 Å². The molecule has 1 aromatic heterocycles. The maximum absolute atomic E-state index is 14.5. The number of carbonyl (C=O) groups excluding carboxylic acids is 2. The second kappa shape index (κ2) is 15.9. The molecule has 0 radical (unpaired) electrons.